The highest BCUT2D eigenvalue weighted by Crippen LogP contribution is 2.32. The number of hydrogen-bond acceptors (Lipinski definition) is 3. The van der Waals surface area contributed by atoms with Crippen molar-refractivity contribution in [1.82, 2.24) is 0 Å². The molecule has 2 rings (SSSR count). The molecule has 3 nitrogen and oxygen atoms in total. The van der Waals surface area contributed by atoms with E-state index in [9.17, 15) is 4.79 Å². The number of carbonyl (C=O) groups is 1. The van der Waals surface area contributed by atoms with E-state index in [1.807, 2.05) is 19.1 Å². The van der Waals surface area contributed by atoms with Crippen molar-refractivity contribution in [3.63, 3.8) is 0 Å². The van der Waals surface area contributed by atoms with Crippen molar-refractivity contribution in [2.45, 2.75) is 52.4 Å². The van der Waals surface area contributed by atoms with Crippen LogP contribution in [0.1, 0.15) is 52.4 Å². The monoisotopic (exact) mass is 290 g/mol. The van der Waals surface area contributed by atoms with Crippen LogP contribution >= 0.6 is 0 Å². The van der Waals surface area contributed by atoms with Gasteiger partial charge in [0.2, 0.25) is 0 Å². The minimum atomic E-state index is -0.0749. The molecule has 0 amide bonds. The normalized spacial score (nSPS) is 21.8. The fraction of sp³-hybridized carbons (Fsp3) is 0.611. The Morgan fingerprint density at radius 1 is 1.05 bits per heavy atom. The third kappa shape index (κ3) is 4.76. The van der Waals surface area contributed by atoms with Gasteiger partial charge < -0.3 is 9.47 Å². The number of benzene rings is 1. The fourth-order valence-electron chi connectivity index (χ4n) is 3.07. The van der Waals surface area contributed by atoms with Crippen molar-refractivity contribution in [3.05, 3.63) is 24.3 Å². The number of rotatable bonds is 6. The zero-order valence-corrected chi connectivity index (χ0v) is 13.1. The first kappa shape index (κ1) is 15.9. The average molecular weight is 290 g/mol. The van der Waals surface area contributed by atoms with E-state index < -0.39 is 0 Å². The number of carbonyl (C=O) groups excluding carboxylic acids is 1. The van der Waals surface area contributed by atoms with Crippen LogP contribution in [-0.2, 0) is 4.79 Å². The molecular weight excluding hydrogens is 264 g/mol. The zero-order chi connectivity index (χ0) is 15.1. The smallest absolute Gasteiger partial charge is 0.314 e. The summed E-state index contributed by atoms with van der Waals surface area (Å²) in [6, 6.07) is 7.27. The van der Waals surface area contributed by atoms with Gasteiger partial charge in [0.15, 0.2) is 0 Å². The van der Waals surface area contributed by atoms with Crippen LogP contribution in [-0.4, -0.2) is 12.6 Å². The van der Waals surface area contributed by atoms with Gasteiger partial charge in [0.05, 0.1) is 12.5 Å². The summed E-state index contributed by atoms with van der Waals surface area (Å²) in [5.74, 6) is 2.22. The van der Waals surface area contributed by atoms with Gasteiger partial charge in [-0.25, -0.2) is 0 Å². The molecule has 116 valence electrons. The summed E-state index contributed by atoms with van der Waals surface area (Å²) in [4.78, 5) is 12.2. The van der Waals surface area contributed by atoms with Gasteiger partial charge in [-0.2, -0.15) is 0 Å². The predicted molar refractivity (Wildman–Crippen MR) is 83.6 cm³/mol. The lowest BCUT2D eigenvalue weighted by molar-refractivity contribution is -0.140. The van der Waals surface area contributed by atoms with E-state index in [-0.39, 0.29) is 11.9 Å². The van der Waals surface area contributed by atoms with Gasteiger partial charge in [-0.1, -0.05) is 19.8 Å². The van der Waals surface area contributed by atoms with E-state index in [1.54, 1.807) is 12.1 Å². The van der Waals surface area contributed by atoms with Gasteiger partial charge in [-0.15, -0.1) is 0 Å². The van der Waals surface area contributed by atoms with E-state index in [0.29, 0.717) is 12.4 Å². The second-order valence-electron chi connectivity index (χ2n) is 5.83. The van der Waals surface area contributed by atoms with Crippen molar-refractivity contribution in [1.29, 1.82) is 0 Å². The second kappa shape index (κ2) is 8.06. The summed E-state index contributed by atoms with van der Waals surface area (Å²) < 4.78 is 10.9. The fourth-order valence-corrected chi connectivity index (χ4v) is 3.07. The summed E-state index contributed by atoms with van der Waals surface area (Å²) in [6.07, 6.45) is 6.81. The largest absolute Gasteiger partial charge is 0.494 e. The molecule has 0 aliphatic heterocycles. The first-order valence-electron chi connectivity index (χ1n) is 8.17. The molecule has 1 aromatic rings. The van der Waals surface area contributed by atoms with E-state index in [0.717, 1.165) is 37.4 Å². The summed E-state index contributed by atoms with van der Waals surface area (Å²) in [6.45, 7) is 4.81. The van der Waals surface area contributed by atoms with Gasteiger partial charge in [-0.05, 0) is 62.8 Å². The van der Waals surface area contributed by atoms with Crippen LogP contribution < -0.4 is 9.47 Å². The molecule has 0 unspecified atom stereocenters. The molecule has 1 fully saturated rings. The zero-order valence-electron chi connectivity index (χ0n) is 13.1. The Labute approximate surface area is 127 Å². The molecule has 1 aliphatic rings. The topological polar surface area (TPSA) is 35.5 Å². The van der Waals surface area contributed by atoms with Crippen LogP contribution in [0.2, 0.25) is 0 Å². The predicted octanol–water partition coefficient (Wildman–Crippen LogP) is 4.60. The molecule has 3 heteroatoms. The third-order valence-corrected chi connectivity index (χ3v) is 4.23. The van der Waals surface area contributed by atoms with E-state index >= 15 is 0 Å². The third-order valence-electron chi connectivity index (χ3n) is 4.23. The molecule has 0 aromatic heterocycles. The number of ether oxygens (including phenoxy) is 2. The lowest BCUT2D eigenvalue weighted by Gasteiger charge is -2.26. The molecule has 0 N–H and O–H groups in total. The summed E-state index contributed by atoms with van der Waals surface area (Å²) in [7, 11) is 0. The molecule has 1 saturated carbocycles. The lowest BCUT2D eigenvalue weighted by Crippen LogP contribution is -2.25. The molecule has 0 saturated heterocycles. The molecule has 0 radical (unpaired) electrons. The standard InChI is InChI=1S/C18H26O3/c1-3-5-14-6-8-15(9-7-14)18(19)21-17-12-10-16(11-13-17)20-4-2/h10-15H,3-9H2,1-2H3/t14-,15-. The Balaban J connectivity index is 1.81. The first-order valence-corrected chi connectivity index (χ1v) is 8.17. The minimum Gasteiger partial charge on any atom is -0.494 e. The SMILES string of the molecule is CCC[C@H]1CC[C@H](C(=O)Oc2ccc(OCC)cc2)CC1. The van der Waals surface area contributed by atoms with Gasteiger partial charge >= 0.3 is 5.97 Å². The molecular formula is C18H26O3. The van der Waals surface area contributed by atoms with Gasteiger partial charge in [-0.3, -0.25) is 4.79 Å². The Morgan fingerprint density at radius 3 is 2.24 bits per heavy atom. The maximum absolute atomic E-state index is 12.2. The number of esters is 1. The first-order chi connectivity index (χ1) is 10.2. The second-order valence-corrected chi connectivity index (χ2v) is 5.83. The Hall–Kier alpha value is -1.51. The average Bonchev–Trinajstić information content (AvgIpc) is 2.50. The van der Waals surface area contributed by atoms with Gasteiger partial charge in [0.25, 0.3) is 0 Å². The minimum absolute atomic E-state index is 0.0738. The van der Waals surface area contributed by atoms with Crippen molar-refractivity contribution < 1.29 is 14.3 Å². The van der Waals surface area contributed by atoms with Crippen molar-refractivity contribution in [2.24, 2.45) is 11.8 Å². The van der Waals surface area contributed by atoms with E-state index in [1.165, 1.54) is 12.8 Å². The Morgan fingerprint density at radius 2 is 1.67 bits per heavy atom. The summed E-state index contributed by atoms with van der Waals surface area (Å²) in [5, 5.41) is 0. The van der Waals surface area contributed by atoms with E-state index in [4.69, 9.17) is 9.47 Å². The van der Waals surface area contributed by atoms with Crippen LogP contribution in [0.25, 0.3) is 0 Å². The molecule has 1 aromatic carbocycles. The van der Waals surface area contributed by atoms with Crippen LogP contribution in [0.15, 0.2) is 24.3 Å². The van der Waals surface area contributed by atoms with Crippen molar-refractivity contribution in [3.8, 4) is 11.5 Å². The summed E-state index contributed by atoms with van der Waals surface area (Å²) in [5.41, 5.74) is 0. The van der Waals surface area contributed by atoms with Crippen LogP contribution in [0, 0.1) is 11.8 Å². The quantitative estimate of drug-likeness (QED) is 0.567. The highest BCUT2D eigenvalue weighted by atomic mass is 16.5. The van der Waals surface area contributed by atoms with Crippen molar-refractivity contribution in [2.75, 3.05) is 6.61 Å². The maximum atomic E-state index is 12.2. The molecule has 1 aliphatic carbocycles. The van der Waals surface area contributed by atoms with Crippen LogP contribution in [0.4, 0.5) is 0 Å². The summed E-state index contributed by atoms with van der Waals surface area (Å²) >= 11 is 0. The van der Waals surface area contributed by atoms with Crippen LogP contribution in [0.3, 0.4) is 0 Å². The Bertz CT molecular complexity index is 430. The lowest BCUT2D eigenvalue weighted by atomic mass is 9.80. The highest BCUT2D eigenvalue weighted by Gasteiger charge is 2.27. The van der Waals surface area contributed by atoms with Crippen LogP contribution in [0.5, 0.6) is 11.5 Å². The molecule has 0 atom stereocenters. The molecule has 0 spiro atoms. The molecule has 21 heavy (non-hydrogen) atoms. The number of hydrogen-bond donors (Lipinski definition) is 0. The molecule has 0 heterocycles. The molecule has 0 bridgehead atoms. The van der Waals surface area contributed by atoms with E-state index in [2.05, 4.69) is 6.92 Å². The highest BCUT2D eigenvalue weighted by molar-refractivity contribution is 5.75. The maximum Gasteiger partial charge on any atom is 0.314 e. The van der Waals surface area contributed by atoms with Crippen molar-refractivity contribution >= 4 is 5.97 Å². The van der Waals surface area contributed by atoms with Gasteiger partial charge in [0, 0.05) is 0 Å². The Kier molecular flexibility index (Phi) is 6.09. The van der Waals surface area contributed by atoms with Gasteiger partial charge in [0.1, 0.15) is 11.5 Å².